The molecule has 1 N–H and O–H groups in total. The van der Waals surface area contributed by atoms with Crippen molar-refractivity contribution in [3.8, 4) is 0 Å². The molecule has 0 saturated heterocycles. The highest BCUT2D eigenvalue weighted by Gasteiger charge is 2.12. The lowest BCUT2D eigenvalue weighted by molar-refractivity contribution is 0.572. The largest absolute Gasteiger partial charge is 0.306 e. The summed E-state index contributed by atoms with van der Waals surface area (Å²) in [5, 5.41) is 4.41. The van der Waals surface area contributed by atoms with Crippen molar-refractivity contribution in [3.63, 3.8) is 0 Å². The van der Waals surface area contributed by atoms with E-state index < -0.39 is 0 Å². The summed E-state index contributed by atoms with van der Waals surface area (Å²) in [6, 6.07) is 15.3. The van der Waals surface area contributed by atoms with Gasteiger partial charge in [-0.15, -0.1) is 0 Å². The molecule has 1 unspecified atom stereocenters. The molecule has 0 saturated carbocycles. The average molecular weight is 300 g/mol. The Morgan fingerprint density at radius 2 is 1.81 bits per heavy atom. The summed E-state index contributed by atoms with van der Waals surface area (Å²) in [6.07, 6.45) is 5.15. The van der Waals surface area contributed by atoms with Crippen LogP contribution in [0.2, 0.25) is 5.02 Å². The molecule has 0 heterocycles. The average Bonchev–Trinajstić information content (AvgIpc) is 2.53. The molecule has 1 aliphatic rings. The zero-order valence-corrected chi connectivity index (χ0v) is 13.3. The quantitative estimate of drug-likeness (QED) is 0.831. The van der Waals surface area contributed by atoms with E-state index in [4.69, 9.17) is 11.6 Å². The maximum absolute atomic E-state index is 6.21. The van der Waals surface area contributed by atoms with Gasteiger partial charge in [-0.25, -0.2) is 0 Å². The van der Waals surface area contributed by atoms with E-state index in [1.165, 1.54) is 31.2 Å². The lowest BCUT2D eigenvalue weighted by Crippen LogP contribution is -2.19. The van der Waals surface area contributed by atoms with E-state index >= 15 is 0 Å². The Bertz CT molecular complexity index is 621. The Balaban J connectivity index is 1.68. The van der Waals surface area contributed by atoms with E-state index in [9.17, 15) is 0 Å². The van der Waals surface area contributed by atoms with Crippen molar-refractivity contribution < 1.29 is 0 Å². The van der Waals surface area contributed by atoms with Crippen LogP contribution in [-0.2, 0) is 19.4 Å². The van der Waals surface area contributed by atoms with Gasteiger partial charge in [-0.2, -0.15) is 0 Å². The van der Waals surface area contributed by atoms with Crippen LogP contribution < -0.4 is 5.32 Å². The number of benzene rings is 2. The molecule has 0 radical (unpaired) electrons. The Morgan fingerprint density at radius 3 is 2.62 bits per heavy atom. The first-order chi connectivity index (χ1) is 10.2. The Morgan fingerprint density at radius 1 is 1.05 bits per heavy atom. The fraction of sp³-hybridized carbons (Fsp3) is 0.368. The summed E-state index contributed by atoms with van der Waals surface area (Å²) in [5.41, 5.74) is 5.63. The second-order valence-electron chi connectivity index (χ2n) is 5.93. The minimum Gasteiger partial charge on any atom is -0.306 e. The Kier molecular flexibility index (Phi) is 4.62. The van der Waals surface area contributed by atoms with Crippen molar-refractivity contribution in [3.05, 3.63) is 69.7 Å². The molecule has 110 valence electrons. The van der Waals surface area contributed by atoms with Gasteiger partial charge in [0.25, 0.3) is 0 Å². The monoisotopic (exact) mass is 299 g/mol. The third-order valence-electron chi connectivity index (χ3n) is 4.43. The standard InChI is InChI=1S/C19H22ClN/c1-14(21-13-18-8-4-5-9-19(18)20)16-11-10-15-6-2-3-7-17(15)12-16/h4-5,8-12,14,21H,2-3,6-7,13H2,1H3. The molecule has 1 nitrogen and oxygen atoms in total. The van der Waals surface area contributed by atoms with Crippen molar-refractivity contribution in [2.24, 2.45) is 0 Å². The zero-order chi connectivity index (χ0) is 14.7. The first kappa shape index (κ1) is 14.6. The lowest BCUT2D eigenvalue weighted by atomic mass is 9.89. The van der Waals surface area contributed by atoms with Gasteiger partial charge in [0.2, 0.25) is 0 Å². The van der Waals surface area contributed by atoms with Crippen molar-refractivity contribution >= 4 is 11.6 Å². The van der Waals surface area contributed by atoms with Crippen molar-refractivity contribution in [2.75, 3.05) is 0 Å². The second kappa shape index (κ2) is 6.64. The molecule has 1 aliphatic carbocycles. The highest BCUT2D eigenvalue weighted by molar-refractivity contribution is 6.31. The molecular formula is C19H22ClN. The predicted molar refractivity (Wildman–Crippen MR) is 89.8 cm³/mol. The molecule has 2 aromatic rings. The van der Waals surface area contributed by atoms with Crippen LogP contribution in [0.25, 0.3) is 0 Å². The summed E-state index contributed by atoms with van der Waals surface area (Å²) < 4.78 is 0. The molecule has 0 bridgehead atoms. The van der Waals surface area contributed by atoms with Gasteiger partial charge in [-0.3, -0.25) is 0 Å². The fourth-order valence-electron chi connectivity index (χ4n) is 3.05. The summed E-state index contributed by atoms with van der Waals surface area (Å²) in [7, 11) is 0. The van der Waals surface area contributed by atoms with Crippen LogP contribution in [0.1, 0.15) is 48.1 Å². The lowest BCUT2D eigenvalue weighted by Gasteiger charge is -2.20. The molecule has 2 aromatic carbocycles. The third-order valence-corrected chi connectivity index (χ3v) is 4.80. The Hall–Kier alpha value is -1.31. The Labute approximate surface area is 132 Å². The number of aryl methyl sites for hydroxylation is 2. The molecule has 0 aliphatic heterocycles. The number of nitrogens with one attached hydrogen (secondary N) is 1. The number of hydrogen-bond donors (Lipinski definition) is 1. The van der Waals surface area contributed by atoms with E-state index in [-0.39, 0.29) is 0 Å². The van der Waals surface area contributed by atoms with E-state index in [1.54, 1.807) is 11.1 Å². The second-order valence-corrected chi connectivity index (χ2v) is 6.34. The third kappa shape index (κ3) is 3.48. The topological polar surface area (TPSA) is 12.0 Å². The van der Waals surface area contributed by atoms with Gasteiger partial charge in [-0.1, -0.05) is 48.0 Å². The first-order valence-corrected chi connectivity index (χ1v) is 8.20. The van der Waals surface area contributed by atoms with E-state index in [2.05, 4.69) is 36.5 Å². The molecule has 3 rings (SSSR count). The smallest absolute Gasteiger partial charge is 0.0450 e. The van der Waals surface area contributed by atoms with Gasteiger partial charge in [-0.05, 0) is 60.9 Å². The van der Waals surface area contributed by atoms with Crippen molar-refractivity contribution in [1.29, 1.82) is 0 Å². The molecular weight excluding hydrogens is 278 g/mol. The van der Waals surface area contributed by atoms with Crippen LogP contribution in [-0.4, -0.2) is 0 Å². The van der Waals surface area contributed by atoms with Gasteiger partial charge < -0.3 is 5.32 Å². The highest BCUT2D eigenvalue weighted by Crippen LogP contribution is 2.25. The van der Waals surface area contributed by atoms with Crippen LogP contribution in [0.5, 0.6) is 0 Å². The maximum Gasteiger partial charge on any atom is 0.0450 e. The van der Waals surface area contributed by atoms with Crippen LogP contribution in [0.4, 0.5) is 0 Å². The van der Waals surface area contributed by atoms with Crippen molar-refractivity contribution in [1.82, 2.24) is 5.32 Å². The number of fused-ring (bicyclic) bond motifs is 1. The van der Waals surface area contributed by atoms with Crippen LogP contribution in [0, 0.1) is 0 Å². The number of hydrogen-bond acceptors (Lipinski definition) is 1. The van der Waals surface area contributed by atoms with E-state index in [1.807, 2.05) is 18.2 Å². The summed E-state index contributed by atoms with van der Waals surface area (Å²) in [6.45, 7) is 3.03. The number of rotatable bonds is 4. The highest BCUT2D eigenvalue weighted by atomic mass is 35.5. The number of halogens is 1. The normalized spacial score (nSPS) is 15.5. The van der Waals surface area contributed by atoms with Crippen LogP contribution >= 0.6 is 11.6 Å². The molecule has 0 aromatic heterocycles. The maximum atomic E-state index is 6.21. The van der Waals surface area contributed by atoms with Crippen molar-refractivity contribution in [2.45, 2.75) is 45.2 Å². The SMILES string of the molecule is CC(NCc1ccccc1Cl)c1ccc2c(c1)CCCC2. The molecule has 0 amide bonds. The van der Waals surface area contributed by atoms with Crippen LogP contribution in [0.3, 0.4) is 0 Å². The predicted octanol–water partition coefficient (Wildman–Crippen LogP) is 5.07. The van der Waals surface area contributed by atoms with Crippen LogP contribution in [0.15, 0.2) is 42.5 Å². The van der Waals surface area contributed by atoms with Gasteiger partial charge >= 0.3 is 0 Å². The fourth-order valence-corrected chi connectivity index (χ4v) is 3.25. The molecule has 2 heteroatoms. The molecule has 1 atom stereocenters. The minimum atomic E-state index is 0.341. The van der Waals surface area contributed by atoms with Gasteiger partial charge in [0.15, 0.2) is 0 Å². The van der Waals surface area contributed by atoms with E-state index in [0.29, 0.717) is 6.04 Å². The molecule has 21 heavy (non-hydrogen) atoms. The van der Waals surface area contributed by atoms with E-state index in [0.717, 1.165) is 17.1 Å². The van der Waals surface area contributed by atoms with Gasteiger partial charge in [0, 0.05) is 17.6 Å². The summed E-state index contributed by atoms with van der Waals surface area (Å²) in [5.74, 6) is 0. The summed E-state index contributed by atoms with van der Waals surface area (Å²) >= 11 is 6.21. The minimum absolute atomic E-state index is 0.341. The zero-order valence-electron chi connectivity index (χ0n) is 12.5. The molecule has 0 fully saturated rings. The molecule has 0 spiro atoms. The first-order valence-electron chi connectivity index (χ1n) is 7.82. The van der Waals surface area contributed by atoms with Gasteiger partial charge in [0.05, 0.1) is 0 Å². The van der Waals surface area contributed by atoms with Gasteiger partial charge in [0.1, 0.15) is 0 Å². The summed E-state index contributed by atoms with van der Waals surface area (Å²) in [4.78, 5) is 0.